The van der Waals surface area contributed by atoms with E-state index in [0.29, 0.717) is 22.7 Å². The largest absolute Gasteiger partial charge is 0.455 e. The maximum Gasteiger partial charge on any atom is 0.238 e. The summed E-state index contributed by atoms with van der Waals surface area (Å²) in [4.78, 5) is 12.3. The molecule has 1 amide bonds. The number of halogens is 1. The Morgan fingerprint density at radius 3 is 2.39 bits per heavy atom. The Morgan fingerprint density at radius 1 is 1.00 bits per heavy atom. The van der Waals surface area contributed by atoms with Gasteiger partial charge in [0.1, 0.15) is 11.6 Å². The second-order valence-electron chi connectivity index (χ2n) is 5.97. The third kappa shape index (κ3) is 5.15. The van der Waals surface area contributed by atoms with Crippen LogP contribution in [0.4, 0.5) is 10.1 Å². The molecule has 0 fully saturated rings. The van der Waals surface area contributed by atoms with Crippen LogP contribution in [0.15, 0.2) is 77.7 Å². The van der Waals surface area contributed by atoms with Crippen molar-refractivity contribution in [3.05, 3.63) is 84.2 Å². The summed E-state index contributed by atoms with van der Waals surface area (Å²) in [6, 6.07) is 18.2. The van der Waals surface area contributed by atoms with Gasteiger partial charge in [-0.15, -0.1) is 0 Å². The zero-order valence-electron chi connectivity index (χ0n) is 14.6. The highest BCUT2D eigenvalue weighted by atomic mass is 32.2. The lowest BCUT2D eigenvalue weighted by Gasteiger charge is -2.12. The van der Waals surface area contributed by atoms with Crippen LogP contribution in [0.25, 0.3) is 0 Å². The monoisotopic (exact) mass is 400 g/mol. The van der Waals surface area contributed by atoms with E-state index < -0.39 is 15.8 Å². The van der Waals surface area contributed by atoms with Crippen molar-refractivity contribution in [2.45, 2.75) is 11.3 Å². The number of carbonyl (C=O) groups is 1. The lowest BCUT2D eigenvalue weighted by molar-refractivity contribution is -0.115. The molecule has 0 unspecified atom stereocenters. The molecule has 0 spiro atoms. The van der Waals surface area contributed by atoms with Crippen LogP contribution in [0.3, 0.4) is 0 Å². The number of rotatable bonds is 6. The van der Waals surface area contributed by atoms with E-state index in [1.165, 1.54) is 42.5 Å². The highest BCUT2D eigenvalue weighted by molar-refractivity contribution is 7.89. The first kappa shape index (κ1) is 19.5. The lowest BCUT2D eigenvalue weighted by atomic mass is 10.1. The van der Waals surface area contributed by atoms with Crippen molar-refractivity contribution in [3.8, 4) is 11.5 Å². The number of hydrogen-bond donors (Lipinski definition) is 2. The number of nitrogens with two attached hydrogens (primary N) is 1. The molecule has 0 saturated carbocycles. The first-order valence-electron chi connectivity index (χ1n) is 8.25. The molecule has 0 radical (unpaired) electrons. The summed E-state index contributed by atoms with van der Waals surface area (Å²) in [6.45, 7) is 0. The molecule has 0 bridgehead atoms. The van der Waals surface area contributed by atoms with Crippen molar-refractivity contribution < 1.29 is 22.3 Å². The molecule has 144 valence electrons. The summed E-state index contributed by atoms with van der Waals surface area (Å²) in [5.41, 5.74) is 1.05. The van der Waals surface area contributed by atoms with Crippen LogP contribution in [-0.4, -0.2) is 14.3 Å². The Balaban J connectivity index is 1.70. The molecule has 3 N–H and O–H groups in total. The Hall–Kier alpha value is -3.23. The van der Waals surface area contributed by atoms with Crippen LogP contribution < -0.4 is 15.2 Å². The van der Waals surface area contributed by atoms with Gasteiger partial charge in [0.15, 0.2) is 5.75 Å². The van der Waals surface area contributed by atoms with Crippen LogP contribution >= 0.6 is 0 Å². The van der Waals surface area contributed by atoms with Gasteiger partial charge in [0.25, 0.3) is 0 Å². The molecule has 0 aromatic heterocycles. The zero-order valence-corrected chi connectivity index (χ0v) is 15.4. The van der Waals surface area contributed by atoms with Gasteiger partial charge in [-0.2, -0.15) is 0 Å². The summed E-state index contributed by atoms with van der Waals surface area (Å²) < 4.78 is 41.5. The van der Waals surface area contributed by atoms with Gasteiger partial charge in [-0.25, -0.2) is 17.9 Å². The van der Waals surface area contributed by atoms with Gasteiger partial charge in [0.05, 0.1) is 17.0 Å². The minimum atomic E-state index is -3.78. The maximum atomic E-state index is 13.3. The average molecular weight is 400 g/mol. The third-order valence-corrected chi connectivity index (χ3v) is 4.73. The SMILES string of the molecule is NS(=O)(=O)c1ccc(CC(=O)Nc2ccccc2Oc2cccc(F)c2)cc1. The van der Waals surface area contributed by atoms with Crippen molar-refractivity contribution in [1.29, 1.82) is 0 Å². The molecular weight excluding hydrogens is 383 g/mol. The summed E-state index contributed by atoms with van der Waals surface area (Å²) in [5.74, 6) is -0.0769. The fraction of sp³-hybridized carbons (Fsp3) is 0.0500. The van der Waals surface area contributed by atoms with E-state index in [1.54, 1.807) is 30.3 Å². The van der Waals surface area contributed by atoms with Crippen molar-refractivity contribution in [1.82, 2.24) is 0 Å². The van der Waals surface area contributed by atoms with Gasteiger partial charge in [0, 0.05) is 6.07 Å². The number of nitrogens with one attached hydrogen (secondary N) is 1. The van der Waals surface area contributed by atoms with Gasteiger partial charge in [0.2, 0.25) is 15.9 Å². The van der Waals surface area contributed by atoms with Gasteiger partial charge in [-0.1, -0.05) is 30.3 Å². The van der Waals surface area contributed by atoms with E-state index in [0.717, 1.165) is 0 Å². The predicted octanol–water partition coefficient (Wildman–Crippen LogP) is 3.45. The molecule has 3 rings (SSSR count). The minimum Gasteiger partial charge on any atom is -0.455 e. The molecule has 3 aromatic rings. The number of para-hydroxylation sites is 2. The first-order chi connectivity index (χ1) is 13.3. The van der Waals surface area contributed by atoms with E-state index in [1.807, 2.05) is 0 Å². The van der Waals surface area contributed by atoms with E-state index in [-0.39, 0.29) is 17.2 Å². The molecule has 0 aliphatic rings. The minimum absolute atomic E-state index is 0.0227. The number of benzene rings is 3. The topological polar surface area (TPSA) is 98.5 Å². The van der Waals surface area contributed by atoms with Crippen molar-refractivity contribution in [2.24, 2.45) is 5.14 Å². The lowest BCUT2D eigenvalue weighted by Crippen LogP contribution is -2.15. The van der Waals surface area contributed by atoms with E-state index >= 15 is 0 Å². The zero-order chi connectivity index (χ0) is 20.1. The number of anilines is 1. The van der Waals surface area contributed by atoms with Crippen LogP contribution in [0.1, 0.15) is 5.56 Å². The fourth-order valence-corrected chi connectivity index (χ4v) is 3.01. The molecule has 0 aliphatic heterocycles. The number of sulfonamides is 1. The molecule has 8 heteroatoms. The average Bonchev–Trinajstić information content (AvgIpc) is 2.63. The van der Waals surface area contributed by atoms with E-state index in [2.05, 4.69) is 5.32 Å². The van der Waals surface area contributed by atoms with Gasteiger partial charge in [-0.3, -0.25) is 4.79 Å². The summed E-state index contributed by atoms with van der Waals surface area (Å²) in [7, 11) is -3.78. The molecule has 0 saturated heterocycles. The first-order valence-corrected chi connectivity index (χ1v) is 9.80. The molecule has 3 aromatic carbocycles. The summed E-state index contributed by atoms with van der Waals surface area (Å²) >= 11 is 0. The smallest absolute Gasteiger partial charge is 0.238 e. The number of primary sulfonamides is 1. The van der Waals surface area contributed by atoms with Gasteiger partial charge in [-0.05, 0) is 42.0 Å². The maximum absolute atomic E-state index is 13.3. The molecular formula is C20H17FN2O4S. The van der Waals surface area contributed by atoms with Gasteiger partial charge >= 0.3 is 0 Å². The standard InChI is InChI=1S/C20H17FN2O4S/c21-15-4-3-5-16(13-15)27-19-7-2-1-6-18(19)23-20(24)12-14-8-10-17(11-9-14)28(22,25)26/h1-11,13H,12H2,(H,23,24)(H2,22,25,26). The van der Waals surface area contributed by atoms with Crippen LogP contribution in [-0.2, 0) is 21.2 Å². The van der Waals surface area contributed by atoms with Gasteiger partial charge < -0.3 is 10.1 Å². The second-order valence-corrected chi connectivity index (χ2v) is 7.53. The normalized spacial score (nSPS) is 11.1. The summed E-state index contributed by atoms with van der Waals surface area (Å²) in [5, 5.41) is 7.79. The van der Waals surface area contributed by atoms with Crippen LogP contribution in [0.5, 0.6) is 11.5 Å². The predicted molar refractivity (Wildman–Crippen MR) is 103 cm³/mol. The molecule has 0 aliphatic carbocycles. The third-order valence-electron chi connectivity index (χ3n) is 3.80. The Morgan fingerprint density at radius 2 is 1.71 bits per heavy atom. The number of hydrogen-bond acceptors (Lipinski definition) is 4. The molecule has 0 heterocycles. The quantitative estimate of drug-likeness (QED) is 0.662. The Labute approximate surface area is 161 Å². The van der Waals surface area contributed by atoms with E-state index in [9.17, 15) is 17.6 Å². The van der Waals surface area contributed by atoms with Crippen molar-refractivity contribution in [3.63, 3.8) is 0 Å². The highest BCUT2D eigenvalue weighted by Gasteiger charge is 2.11. The van der Waals surface area contributed by atoms with Crippen LogP contribution in [0, 0.1) is 5.82 Å². The Bertz CT molecular complexity index is 1100. The Kier molecular flexibility index (Phi) is 5.72. The number of ether oxygens (including phenoxy) is 1. The van der Waals surface area contributed by atoms with Crippen molar-refractivity contribution in [2.75, 3.05) is 5.32 Å². The summed E-state index contributed by atoms with van der Waals surface area (Å²) in [6.07, 6.45) is 0.0270. The highest BCUT2D eigenvalue weighted by Crippen LogP contribution is 2.29. The number of amides is 1. The second kappa shape index (κ2) is 8.20. The number of carbonyl (C=O) groups excluding carboxylic acids is 1. The van der Waals surface area contributed by atoms with Crippen LogP contribution in [0.2, 0.25) is 0 Å². The molecule has 28 heavy (non-hydrogen) atoms. The van der Waals surface area contributed by atoms with Crippen molar-refractivity contribution >= 4 is 21.6 Å². The molecule has 0 atom stereocenters. The van der Waals surface area contributed by atoms with E-state index in [4.69, 9.17) is 9.88 Å². The molecule has 6 nitrogen and oxygen atoms in total. The fourth-order valence-electron chi connectivity index (χ4n) is 2.49.